The van der Waals surface area contributed by atoms with Gasteiger partial charge in [-0.15, -0.1) is 0 Å². The molecule has 0 radical (unpaired) electrons. The molecule has 0 saturated carbocycles. The van der Waals surface area contributed by atoms with Gasteiger partial charge >= 0.3 is 0 Å². The molecule has 0 amide bonds. The van der Waals surface area contributed by atoms with E-state index in [1.165, 1.54) is 66.1 Å². The molecule has 3 heterocycles. The number of fused-ring (bicyclic) bond motifs is 6. The number of benzene rings is 11. The lowest BCUT2D eigenvalue weighted by atomic mass is 10.0. The lowest BCUT2D eigenvalue weighted by molar-refractivity contribution is 1.07. The van der Waals surface area contributed by atoms with Gasteiger partial charge in [0.05, 0.1) is 22.1 Å². The monoisotopic (exact) mass is 943 g/mol. The van der Waals surface area contributed by atoms with Crippen LogP contribution in [0.5, 0.6) is 0 Å². The number of rotatable bonds is 9. The van der Waals surface area contributed by atoms with Gasteiger partial charge in [0.1, 0.15) is 0 Å². The van der Waals surface area contributed by atoms with Crippen LogP contribution in [-0.2, 0) is 0 Å². The molecule has 0 aliphatic carbocycles. The Labute approximate surface area is 428 Å². The van der Waals surface area contributed by atoms with Gasteiger partial charge in [0.2, 0.25) is 0 Å². The summed E-state index contributed by atoms with van der Waals surface area (Å²) in [5.74, 6) is 1.83. The zero-order chi connectivity index (χ0) is 49.0. The Morgan fingerprint density at radius 3 is 0.662 bits per heavy atom. The van der Waals surface area contributed by atoms with E-state index in [2.05, 4.69) is 264 Å². The van der Waals surface area contributed by atoms with E-state index >= 15 is 0 Å². The molecule has 14 aromatic rings. The van der Waals surface area contributed by atoms with E-state index in [1.807, 2.05) is 18.2 Å². The molecular formula is C69H45N5. The molecule has 0 N–H and O–H groups in total. The SMILES string of the molecule is c1ccc(-c2ccc3c4ccc(-c5ccccc5)cc4n(-c4ccc(-c5nc(-c6ccccc6)nc(-c6ccc(-n7c8cc(-c9ccccc9)ccc8c8ccc(-c9ccccc9)cc87)cc6)n5)cc4)c3c2)cc1. The highest BCUT2D eigenvalue weighted by Gasteiger charge is 2.19. The molecule has 3 aromatic heterocycles. The lowest BCUT2D eigenvalue weighted by Gasteiger charge is -2.13. The van der Waals surface area contributed by atoms with E-state index in [0.717, 1.165) is 50.1 Å². The molecule has 0 fully saturated rings. The van der Waals surface area contributed by atoms with E-state index < -0.39 is 0 Å². The fourth-order valence-electron chi connectivity index (χ4n) is 10.7. The third-order valence-electron chi connectivity index (χ3n) is 14.4. The van der Waals surface area contributed by atoms with Crippen molar-refractivity contribution in [3.8, 4) is 90.0 Å². The summed E-state index contributed by atoms with van der Waals surface area (Å²) in [6.07, 6.45) is 0. The molecule has 5 nitrogen and oxygen atoms in total. The standard InChI is InChI=1S/C69H45N5/c1-6-16-46(17-7-1)53-30-38-59-60-39-31-54(47-18-8-2-9-19-47)43-64(60)73(63(59)42-53)57-34-26-51(27-35-57)68-70-67(50-24-14-5-15-25-50)71-69(72-68)52-28-36-58(37-29-52)74-65-44-55(48-20-10-3-11-21-48)32-40-61(65)62-41-33-56(45-66(62)74)49-22-12-4-13-23-49/h1-45H. The highest BCUT2D eigenvalue weighted by atomic mass is 15.0. The minimum absolute atomic E-state index is 0.605. The van der Waals surface area contributed by atoms with Crippen LogP contribution in [0.4, 0.5) is 0 Å². The molecule has 5 heteroatoms. The third-order valence-corrected chi connectivity index (χ3v) is 14.4. The Morgan fingerprint density at radius 1 is 0.189 bits per heavy atom. The lowest BCUT2D eigenvalue weighted by Crippen LogP contribution is -2.01. The van der Waals surface area contributed by atoms with Gasteiger partial charge in [-0.25, -0.2) is 15.0 Å². The van der Waals surface area contributed by atoms with E-state index in [9.17, 15) is 0 Å². The molecule has 0 atom stereocenters. The number of nitrogens with zero attached hydrogens (tertiary/aromatic N) is 5. The molecule has 0 bridgehead atoms. The zero-order valence-corrected chi connectivity index (χ0v) is 40.2. The first-order valence-electron chi connectivity index (χ1n) is 25.1. The van der Waals surface area contributed by atoms with Crippen molar-refractivity contribution in [3.05, 3.63) is 273 Å². The zero-order valence-electron chi connectivity index (χ0n) is 40.2. The first kappa shape index (κ1) is 42.9. The van der Waals surface area contributed by atoms with Crippen molar-refractivity contribution in [2.24, 2.45) is 0 Å². The Bertz CT molecular complexity index is 3900. The summed E-state index contributed by atoms with van der Waals surface area (Å²) in [6.45, 7) is 0. The second kappa shape index (κ2) is 18.0. The van der Waals surface area contributed by atoms with Crippen LogP contribution < -0.4 is 0 Å². The van der Waals surface area contributed by atoms with Gasteiger partial charge in [-0.05, 0) is 117 Å². The Kier molecular flexibility index (Phi) is 10.4. The fraction of sp³-hybridized carbons (Fsp3) is 0. The predicted octanol–water partition coefficient (Wildman–Crippen LogP) is 17.7. The van der Waals surface area contributed by atoms with Gasteiger partial charge in [-0.1, -0.05) is 200 Å². The van der Waals surface area contributed by atoms with Gasteiger partial charge in [0.25, 0.3) is 0 Å². The van der Waals surface area contributed by atoms with Crippen molar-refractivity contribution in [2.75, 3.05) is 0 Å². The number of hydrogen-bond donors (Lipinski definition) is 0. The van der Waals surface area contributed by atoms with Crippen molar-refractivity contribution < 1.29 is 0 Å². The molecule has 11 aromatic carbocycles. The van der Waals surface area contributed by atoms with Crippen LogP contribution in [0.25, 0.3) is 134 Å². The highest BCUT2D eigenvalue weighted by Crippen LogP contribution is 2.40. The van der Waals surface area contributed by atoms with Crippen LogP contribution in [0.3, 0.4) is 0 Å². The minimum Gasteiger partial charge on any atom is -0.309 e. The van der Waals surface area contributed by atoms with Crippen LogP contribution in [0.15, 0.2) is 273 Å². The van der Waals surface area contributed by atoms with E-state index in [1.54, 1.807) is 0 Å². The molecule has 0 spiro atoms. The number of hydrogen-bond acceptors (Lipinski definition) is 3. The molecule has 0 saturated heterocycles. The van der Waals surface area contributed by atoms with Crippen LogP contribution in [-0.4, -0.2) is 24.1 Å². The van der Waals surface area contributed by atoms with Crippen molar-refractivity contribution in [1.29, 1.82) is 0 Å². The van der Waals surface area contributed by atoms with Gasteiger partial charge in [0.15, 0.2) is 17.5 Å². The normalized spacial score (nSPS) is 11.5. The smallest absolute Gasteiger partial charge is 0.164 e. The first-order valence-corrected chi connectivity index (χ1v) is 25.1. The van der Waals surface area contributed by atoms with Crippen molar-refractivity contribution >= 4 is 43.6 Å². The first-order chi connectivity index (χ1) is 36.7. The summed E-state index contributed by atoms with van der Waals surface area (Å²) in [5.41, 5.74) is 18.8. The maximum atomic E-state index is 5.23. The topological polar surface area (TPSA) is 48.5 Å². The van der Waals surface area contributed by atoms with Crippen LogP contribution in [0, 0.1) is 0 Å². The van der Waals surface area contributed by atoms with Crippen molar-refractivity contribution in [2.45, 2.75) is 0 Å². The summed E-state index contributed by atoms with van der Waals surface area (Å²) < 4.78 is 4.79. The quantitative estimate of drug-likeness (QED) is 0.145. The predicted molar refractivity (Wildman–Crippen MR) is 307 cm³/mol. The summed E-state index contributed by atoms with van der Waals surface area (Å²) in [5, 5.41) is 4.82. The third kappa shape index (κ3) is 7.63. The van der Waals surface area contributed by atoms with Gasteiger partial charge in [0, 0.05) is 49.6 Å². The maximum absolute atomic E-state index is 5.23. The number of aromatic nitrogens is 5. The second-order valence-corrected chi connectivity index (χ2v) is 18.8. The van der Waals surface area contributed by atoms with Gasteiger partial charge in [-0.2, -0.15) is 0 Å². The fourth-order valence-corrected chi connectivity index (χ4v) is 10.7. The van der Waals surface area contributed by atoms with Crippen molar-refractivity contribution in [1.82, 2.24) is 24.1 Å². The van der Waals surface area contributed by atoms with Crippen LogP contribution in [0.2, 0.25) is 0 Å². The second-order valence-electron chi connectivity index (χ2n) is 18.8. The molecule has 14 rings (SSSR count). The average molecular weight is 944 g/mol. The molecule has 346 valence electrons. The van der Waals surface area contributed by atoms with E-state index in [4.69, 9.17) is 15.0 Å². The highest BCUT2D eigenvalue weighted by molar-refractivity contribution is 6.12. The molecule has 74 heavy (non-hydrogen) atoms. The van der Waals surface area contributed by atoms with E-state index in [-0.39, 0.29) is 0 Å². The van der Waals surface area contributed by atoms with Crippen LogP contribution in [0.1, 0.15) is 0 Å². The maximum Gasteiger partial charge on any atom is 0.164 e. The van der Waals surface area contributed by atoms with Crippen LogP contribution >= 0.6 is 0 Å². The average Bonchev–Trinajstić information content (AvgIpc) is 4.02. The Balaban J connectivity index is 0.882. The molecule has 0 unspecified atom stereocenters. The molecule has 0 aliphatic rings. The van der Waals surface area contributed by atoms with E-state index in [0.29, 0.717) is 17.5 Å². The largest absolute Gasteiger partial charge is 0.309 e. The summed E-state index contributed by atoms with van der Waals surface area (Å²) >= 11 is 0. The Hall–Kier alpha value is -9.97. The Morgan fingerprint density at radius 2 is 0.405 bits per heavy atom. The molecule has 0 aliphatic heterocycles. The van der Waals surface area contributed by atoms with Crippen molar-refractivity contribution in [3.63, 3.8) is 0 Å². The summed E-state index contributed by atoms with van der Waals surface area (Å²) in [7, 11) is 0. The summed E-state index contributed by atoms with van der Waals surface area (Å²) in [4.78, 5) is 15.5. The minimum atomic E-state index is 0.605. The molecular weight excluding hydrogens is 899 g/mol. The van der Waals surface area contributed by atoms with Gasteiger partial charge in [-0.3, -0.25) is 0 Å². The van der Waals surface area contributed by atoms with Gasteiger partial charge < -0.3 is 9.13 Å². The summed E-state index contributed by atoms with van der Waals surface area (Å²) in [6, 6.07) is 97.2.